The molecule has 0 radical (unpaired) electrons. The Bertz CT molecular complexity index is 552. The second kappa shape index (κ2) is 7.96. The summed E-state index contributed by atoms with van der Waals surface area (Å²) in [4.78, 5) is 12.7. The SMILES string of the molecule is NCC1(C(=O)Nc2cccc(OCC3CCCO3)c2)CCOCC1. The van der Waals surface area contributed by atoms with Gasteiger partial charge in [-0.25, -0.2) is 0 Å². The van der Waals surface area contributed by atoms with Crippen molar-refractivity contribution < 1.29 is 19.0 Å². The molecule has 1 unspecified atom stereocenters. The number of anilines is 1. The lowest BCUT2D eigenvalue weighted by Crippen LogP contribution is -2.46. The highest BCUT2D eigenvalue weighted by Gasteiger charge is 2.38. The monoisotopic (exact) mass is 334 g/mol. The van der Waals surface area contributed by atoms with Gasteiger partial charge in [-0.1, -0.05) is 6.07 Å². The Morgan fingerprint density at radius 3 is 2.88 bits per heavy atom. The van der Waals surface area contributed by atoms with Gasteiger partial charge in [0.2, 0.25) is 5.91 Å². The topological polar surface area (TPSA) is 82.8 Å². The van der Waals surface area contributed by atoms with Crippen LogP contribution in [0.2, 0.25) is 0 Å². The van der Waals surface area contributed by atoms with Gasteiger partial charge in [-0.2, -0.15) is 0 Å². The molecule has 1 aromatic rings. The van der Waals surface area contributed by atoms with Crippen molar-refractivity contribution in [2.75, 3.05) is 38.3 Å². The van der Waals surface area contributed by atoms with Gasteiger partial charge in [0, 0.05) is 38.1 Å². The summed E-state index contributed by atoms with van der Waals surface area (Å²) < 4.78 is 16.7. The normalized spacial score (nSPS) is 23.0. The van der Waals surface area contributed by atoms with Crippen LogP contribution in [0.4, 0.5) is 5.69 Å². The molecule has 0 spiro atoms. The molecular formula is C18H26N2O4. The standard InChI is InChI=1S/C18H26N2O4/c19-13-18(6-9-22-10-7-18)17(21)20-14-3-1-4-15(11-14)24-12-16-5-2-8-23-16/h1,3-4,11,16H,2,5-10,12-13,19H2,(H,20,21). The number of carbonyl (C=O) groups is 1. The third kappa shape index (κ3) is 4.06. The Kier molecular flexibility index (Phi) is 5.71. The molecule has 3 N–H and O–H groups in total. The second-order valence-corrected chi connectivity index (χ2v) is 6.52. The Morgan fingerprint density at radius 1 is 1.33 bits per heavy atom. The highest BCUT2D eigenvalue weighted by Crippen LogP contribution is 2.31. The van der Waals surface area contributed by atoms with Crippen LogP contribution in [-0.4, -0.2) is 45.0 Å². The average molecular weight is 334 g/mol. The molecule has 6 nitrogen and oxygen atoms in total. The van der Waals surface area contributed by atoms with Crippen LogP contribution in [-0.2, 0) is 14.3 Å². The number of hydrogen-bond acceptors (Lipinski definition) is 5. The van der Waals surface area contributed by atoms with E-state index in [0.29, 0.717) is 39.2 Å². The summed E-state index contributed by atoms with van der Waals surface area (Å²) >= 11 is 0. The zero-order valence-corrected chi connectivity index (χ0v) is 14.0. The van der Waals surface area contributed by atoms with E-state index >= 15 is 0 Å². The first kappa shape index (κ1) is 17.2. The third-order valence-electron chi connectivity index (χ3n) is 4.87. The van der Waals surface area contributed by atoms with E-state index in [2.05, 4.69) is 5.32 Å². The molecule has 132 valence electrons. The molecule has 2 heterocycles. The lowest BCUT2D eigenvalue weighted by atomic mass is 9.79. The highest BCUT2D eigenvalue weighted by molar-refractivity contribution is 5.95. The van der Waals surface area contributed by atoms with E-state index in [4.69, 9.17) is 19.9 Å². The number of amides is 1. The zero-order valence-electron chi connectivity index (χ0n) is 14.0. The van der Waals surface area contributed by atoms with Crippen molar-refractivity contribution >= 4 is 11.6 Å². The van der Waals surface area contributed by atoms with E-state index in [-0.39, 0.29) is 12.0 Å². The van der Waals surface area contributed by atoms with Crippen LogP contribution in [0, 0.1) is 5.41 Å². The van der Waals surface area contributed by atoms with Crippen LogP contribution in [0.1, 0.15) is 25.7 Å². The van der Waals surface area contributed by atoms with E-state index in [9.17, 15) is 4.79 Å². The van der Waals surface area contributed by atoms with Gasteiger partial charge in [0.05, 0.1) is 11.5 Å². The Morgan fingerprint density at radius 2 is 2.17 bits per heavy atom. The molecule has 6 heteroatoms. The molecule has 1 amide bonds. The Balaban J connectivity index is 1.59. The van der Waals surface area contributed by atoms with Crippen LogP contribution in [0.5, 0.6) is 5.75 Å². The number of nitrogens with two attached hydrogens (primary N) is 1. The highest BCUT2D eigenvalue weighted by atomic mass is 16.5. The summed E-state index contributed by atoms with van der Waals surface area (Å²) in [5, 5.41) is 2.99. The molecule has 2 fully saturated rings. The van der Waals surface area contributed by atoms with Gasteiger partial charge in [-0.15, -0.1) is 0 Å². The van der Waals surface area contributed by atoms with Crippen molar-refractivity contribution in [3.8, 4) is 5.75 Å². The molecular weight excluding hydrogens is 308 g/mol. The van der Waals surface area contributed by atoms with Crippen molar-refractivity contribution in [1.82, 2.24) is 0 Å². The predicted octanol–water partition coefficient (Wildman–Crippen LogP) is 1.94. The molecule has 2 saturated heterocycles. The molecule has 1 aromatic carbocycles. The molecule has 0 aliphatic carbocycles. The van der Waals surface area contributed by atoms with Gasteiger partial charge in [-0.05, 0) is 37.8 Å². The Labute approximate surface area is 142 Å². The lowest BCUT2D eigenvalue weighted by Gasteiger charge is -2.34. The quantitative estimate of drug-likeness (QED) is 0.831. The van der Waals surface area contributed by atoms with Crippen LogP contribution in [0.3, 0.4) is 0 Å². The molecule has 0 aromatic heterocycles. The molecule has 2 aliphatic heterocycles. The largest absolute Gasteiger partial charge is 0.491 e. The van der Waals surface area contributed by atoms with Gasteiger partial charge in [0.1, 0.15) is 12.4 Å². The minimum Gasteiger partial charge on any atom is -0.491 e. The van der Waals surface area contributed by atoms with E-state index in [1.807, 2.05) is 24.3 Å². The van der Waals surface area contributed by atoms with Crippen molar-refractivity contribution in [3.63, 3.8) is 0 Å². The molecule has 0 saturated carbocycles. The third-order valence-corrected chi connectivity index (χ3v) is 4.87. The minimum atomic E-state index is -0.535. The minimum absolute atomic E-state index is 0.0374. The summed E-state index contributed by atoms with van der Waals surface area (Å²) in [6.45, 7) is 2.85. The van der Waals surface area contributed by atoms with Gasteiger partial charge >= 0.3 is 0 Å². The first-order valence-corrected chi connectivity index (χ1v) is 8.66. The van der Waals surface area contributed by atoms with E-state index in [1.54, 1.807) is 0 Å². The van der Waals surface area contributed by atoms with Gasteiger partial charge in [0.15, 0.2) is 0 Å². The Hall–Kier alpha value is -1.63. The van der Waals surface area contributed by atoms with Crippen LogP contribution < -0.4 is 15.8 Å². The predicted molar refractivity (Wildman–Crippen MR) is 91.1 cm³/mol. The van der Waals surface area contributed by atoms with Gasteiger partial charge < -0.3 is 25.3 Å². The van der Waals surface area contributed by atoms with E-state index in [1.165, 1.54) is 0 Å². The van der Waals surface area contributed by atoms with E-state index in [0.717, 1.165) is 30.9 Å². The maximum Gasteiger partial charge on any atom is 0.232 e. The van der Waals surface area contributed by atoms with Crippen molar-refractivity contribution in [1.29, 1.82) is 0 Å². The average Bonchev–Trinajstić information content (AvgIpc) is 3.14. The molecule has 3 rings (SSSR count). The molecule has 0 bridgehead atoms. The summed E-state index contributed by atoms with van der Waals surface area (Å²) in [7, 11) is 0. The van der Waals surface area contributed by atoms with Gasteiger partial charge in [0.25, 0.3) is 0 Å². The fourth-order valence-electron chi connectivity index (χ4n) is 3.18. The maximum absolute atomic E-state index is 12.7. The maximum atomic E-state index is 12.7. The van der Waals surface area contributed by atoms with Crippen LogP contribution >= 0.6 is 0 Å². The molecule has 2 aliphatic rings. The first-order valence-electron chi connectivity index (χ1n) is 8.66. The summed E-state index contributed by atoms with van der Waals surface area (Å²) in [6.07, 6.45) is 3.62. The fraction of sp³-hybridized carbons (Fsp3) is 0.611. The van der Waals surface area contributed by atoms with Crippen molar-refractivity contribution in [2.24, 2.45) is 11.1 Å². The van der Waals surface area contributed by atoms with E-state index < -0.39 is 5.41 Å². The molecule has 1 atom stereocenters. The summed E-state index contributed by atoms with van der Waals surface area (Å²) in [5.41, 5.74) is 6.08. The number of nitrogens with one attached hydrogen (secondary N) is 1. The number of carbonyl (C=O) groups excluding carboxylic acids is 1. The van der Waals surface area contributed by atoms with Crippen molar-refractivity contribution in [3.05, 3.63) is 24.3 Å². The summed E-state index contributed by atoms with van der Waals surface area (Å²) in [5.74, 6) is 0.696. The van der Waals surface area contributed by atoms with Crippen LogP contribution in [0.25, 0.3) is 0 Å². The smallest absolute Gasteiger partial charge is 0.232 e. The number of rotatable bonds is 6. The first-order chi connectivity index (χ1) is 11.7. The number of ether oxygens (including phenoxy) is 3. The second-order valence-electron chi connectivity index (χ2n) is 6.52. The number of benzene rings is 1. The molecule has 24 heavy (non-hydrogen) atoms. The summed E-state index contributed by atoms with van der Waals surface area (Å²) in [6, 6.07) is 7.47. The van der Waals surface area contributed by atoms with Crippen LogP contribution in [0.15, 0.2) is 24.3 Å². The number of hydrogen-bond donors (Lipinski definition) is 2. The zero-order chi connectivity index (χ0) is 16.8. The fourth-order valence-corrected chi connectivity index (χ4v) is 3.18. The lowest BCUT2D eigenvalue weighted by molar-refractivity contribution is -0.130. The van der Waals surface area contributed by atoms with Gasteiger partial charge in [-0.3, -0.25) is 4.79 Å². The van der Waals surface area contributed by atoms with Crippen molar-refractivity contribution in [2.45, 2.75) is 31.8 Å².